The minimum absolute atomic E-state index is 0.0179. The molecule has 2 amide bonds. The van der Waals surface area contributed by atoms with E-state index in [9.17, 15) is 9.59 Å². The van der Waals surface area contributed by atoms with Gasteiger partial charge in [0.2, 0.25) is 5.91 Å². The Labute approximate surface area is 151 Å². The minimum Gasteiger partial charge on any atom is -0.352 e. The maximum absolute atomic E-state index is 12.8. The van der Waals surface area contributed by atoms with Crippen LogP contribution in [0.5, 0.6) is 0 Å². The second kappa shape index (κ2) is 8.20. The highest BCUT2D eigenvalue weighted by molar-refractivity contribution is 7.03. The third-order valence-electron chi connectivity index (χ3n) is 4.44. The Kier molecular flexibility index (Phi) is 5.75. The number of amides is 2. The maximum Gasteiger partial charge on any atom is 0.280 e. The molecule has 1 aliphatic carbocycles. The Hall–Kier alpha value is -2.28. The number of aryl methyl sites for hydroxylation is 1. The van der Waals surface area contributed by atoms with E-state index in [4.69, 9.17) is 0 Å². The number of nitrogens with one attached hydrogen (secondary N) is 1. The quantitative estimate of drug-likeness (QED) is 0.892. The predicted molar refractivity (Wildman–Crippen MR) is 97.8 cm³/mol. The van der Waals surface area contributed by atoms with Gasteiger partial charge in [-0.05, 0) is 43.4 Å². The Morgan fingerprint density at radius 1 is 1.20 bits per heavy atom. The van der Waals surface area contributed by atoms with E-state index in [1.807, 2.05) is 31.2 Å². The second-order valence-electron chi connectivity index (χ2n) is 6.42. The lowest BCUT2D eigenvalue weighted by Gasteiger charge is -2.26. The maximum atomic E-state index is 12.8. The molecule has 1 aromatic carbocycles. The van der Waals surface area contributed by atoms with Crippen LogP contribution >= 0.6 is 11.5 Å². The molecule has 1 aromatic heterocycles. The van der Waals surface area contributed by atoms with Gasteiger partial charge in [-0.3, -0.25) is 14.5 Å². The molecule has 1 aliphatic rings. The Morgan fingerprint density at radius 2 is 1.92 bits per heavy atom. The van der Waals surface area contributed by atoms with E-state index in [-0.39, 0.29) is 30.1 Å². The third kappa shape index (κ3) is 4.63. The summed E-state index contributed by atoms with van der Waals surface area (Å²) in [5, 5.41) is 8.51. The average Bonchev–Trinajstić information content (AvgIpc) is 3.15. The first-order valence-electron chi connectivity index (χ1n) is 8.58. The second-order valence-corrected chi connectivity index (χ2v) is 7.03. The number of carbonyl (C=O) groups excluding carboxylic acids is 2. The molecule has 7 heteroatoms. The van der Waals surface area contributed by atoms with Gasteiger partial charge in [-0.15, -0.1) is 5.10 Å². The molecule has 3 rings (SSSR count). The van der Waals surface area contributed by atoms with Crippen molar-refractivity contribution in [2.75, 3.05) is 11.4 Å². The summed E-state index contributed by atoms with van der Waals surface area (Å²) in [5.74, 6) is -0.444. The minimum atomic E-state index is -0.309. The smallest absolute Gasteiger partial charge is 0.280 e. The number of nitrogens with zero attached hydrogens (tertiary/aromatic N) is 3. The summed E-state index contributed by atoms with van der Waals surface area (Å²) in [4.78, 5) is 26.7. The fourth-order valence-corrected chi connectivity index (χ4v) is 3.50. The lowest BCUT2D eigenvalue weighted by atomic mass is 9.95. The molecule has 0 unspecified atom stereocenters. The molecule has 1 N–H and O–H groups in total. The summed E-state index contributed by atoms with van der Waals surface area (Å²) >= 11 is 1.12. The SMILES string of the molecule is Cc1ccc(N(CC(=O)NC2CCCCC2)C(=O)c2csnn2)cc1. The average molecular weight is 358 g/mol. The summed E-state index contributed by atoms with van der Waals surface area (Å²) < 4.78 is 3.75. The Balaban J connectivity index is 1.74. The summed E-state index contributed by atoms with van der Waals surface area (Å²) in [6, 6.07) is 7.76. The highest BCUT2D eigenvalue weighted by Crippen LogP contribution is 2.19. The van der Waals surface area contributed by atoms with Crippen LogP contribution in [0.15, 0.2) is 29.6 Å². The van der Waals surface area contributed by atoms with Crippen LogP contribution in [0.25, 0.3) is 0 Å². The molecular formula is C18H22N4O2S. The molecule has 0 saturated heterocycles. The predicted octanol–water partition coefficient (Wildman–Crippen LogP) is 2.94. The van der Waals surface area contributed by atoms with Gasteiger partial charge < -0.3 is 5.32 Å². The molecule has 0 atom stereocenters. The van der Waals surface area contributed by atoms with E-state index in [0.29, 0.717) is 5.69 Å². The molecular weight excluding hydrogens is 336 g/mol. The zero-order valence-electron chi connectivity index (χ0n) is 14.3. The van der Waals surface area contributed by atoms with Gasteiger partial charge in [0, 0.05) is 17.1 Å². The van der Waals surface area contributed by atoms with Gasteiger partial charge in [0.1, 0.15) is 6.54 Å². The van der Waals surface area contributed by atoms with Crippen molar-refractivity contribution >= 4 is 29.0 Å². The van der Waals surface area contributed by atoms with E-state index >= 15 is 0 Å². The van der Waals surface area contributed by atoms with E-state index in [2.05, 4.69) is 14.9 Å². The van der Waals surface area contributed by atoms with E-state index in [1.54, 1.807) is 5.38 Å². The number of anilines is 1. The van der Waals surface area contributed by atoms with Crippen LogP contribution < -0.4 is 10.2 Å². The summed E-state index contributed by atoms with van der Waals surface area (Å²) in [6.45, 7) is 1.96. The fraction of sp³-hybridized carbons (Fsp3) is 0.444. The molecule has 0 bridgehead atoms. The monoisotopic (exact) mass is 358 g/mol. The molecule has 25 heavy (non-hydrogen) atoms. The van der Waals surface area contributed by atoms with Crippen LogP contribution in [0, 0.1) is 6.92 Å². The van der Waals surface area contributed by atoms with Gasteiger partial charge in [-0.25, -0.2) is 0 Å². The number of benzene rings is 1. The van der Waals surface area contributed by atoms with Crippen molar-refractivity contribution in [3.05, 3.63) is 40.9 Å². The first-order chi connectivity index (χ1) is 12.1. The molecule has 2 aromatic rings. The van der Waals surface area contributed by atoms with E-state index in [1.165, 1.54) is 11.3 Å². The van der Waals surface area contributed by atoms with Crippen LogP contribution in [0.4, 0.5) is 5.69 Å². The van der Waals surface area contributed by atoms with Crippen molar-refractivity contribution in [2.24, 2.45) is 0 Å². The van der Waals surface area contributed by atoms with E-state index in [0.717, 1.165) is 42.8 Å². The van der Waals surface area contributed by atoms with Crippen molar-refractivity contribution in [2.45, 2.75) is 45.1 Å². The lowest BCUT2D eigenvalue weighted by Crippen LogP contribution is -2.45. The zero-order valence-corrected chi connectivity index (χ0v) is 15.1. The number of aromatic nitrogens is 2. The third-order valence-corrected chi connectivity index (χ3v) is 4.95. The van der Waals surface area contributed by atoms with Crippen molar-refractivity contribution in [1.29, 1.82) is 0 Å². The van der Waals surface area contributed by atoms with Gasteiger partial charge in [-0.1, -0.05) is 41.4 Å². The highest BCUT2D eigenvalue weighted by atomic mass is 32.1. The number of hydrogen-bond acceptors (Lipinski definition) is 5. The molecule has 0 aliphatic heterocycles. The normalized spacial score (nSPS) is 14.9. The van der Waals surface area contributed by atoms with Crippen LogP contribution in [0.3, 0.4) is 0 Å². The molecule has 6 nitrogen and oxygen atoms in total. The largest absolute Gasteiger partial charge is 0.352 e. The molecule has 1 heterocycles. The topological polar surface area (TPSA) is 75.2 Å². The van der Waals surface area contributed by atoms with Gasteiger partial charge in [0.05, 0.1) is 0 Å². The number of hydrogen-bond donors (Lipinski definition) is 1. The number of rotatable bonds is 5. The van der Waals surface area contributed by atoms with Gasteiger partial charge in [0.15, 0.2) is 5.69 Å². The van der Waals surface area contributed by atoms with Crippen LogP contribution in [-0.2, 0) is 4.79 Å². The van der Waals surface area contributed by atoms with Crippen molar-refractivity contribution < 1.29 is 9.59 Å². The standard InChI is InChI=1S/C18H22N4O2S/c1-13-7-9-15(10-8-13)22(18(24)16-12-25-21-20-16)11-17(23)19-14-5-3-2-4-6-14/h7-10,12,14H,2-6,11H2,1H3,(H,19,23). The Morgan fingerprint density at radius 3 is 2.56 bits per heavy atom. The van der Waals surface area contributed by atoms with Gasteiger partial charge >= 0.3 is 0 Å². The van der Waals surface area contributed by atoms with Crippen molar-refractivity contribution in [3.63, 3.8) is 0 Å². The Bertz CT molecular complexity index is 709. The zero-order chi connectivity index (χ0) is 17.6. The van der Waals surface area contributed by atoms with Gasteiger partial charge in [0.25, 0.3) is 5.91 Å². The van der Waals surface area contributed by atoms with Crippen LogP contribution in [0.2, 0.25) is 0 Å². The first-order valence-corrected chi connectivity index (χ1v) is 9.42. The highest BCUT2D eigenvalue weighted by Gasteiger charge is 2.24. The van der Waals surface area contributed by atoms with Gasteiger partial charge in [-0.2, -0.15) is 0 Å². The molecule has 1 saturated carbocycles. The lowest BCUT2D eigenvalue weighted by molar-refractivity contribution is -0.120. The fourth-order valence-electron chi connectivity index (χ4n) is 3.06. The van der Waals surface area contributed by atoms with E-state index < -0.39 is 0 Å². The number of carbonyl (C=O) groups is 2. The summed E-state index contributed by atoms with van der Waals surface area (Å²) in [7, 11) is 0. The summed E-state index contributed by atoms with van der Waals surface area (Å²) in [5.41, 5.74) is 2.04. The molecule has 0 radical (unpaired) electrons. The van der Waals surface area contributed by atoms with Crippen molar-refractivity contribution in [3.8, 4) is 0 Å². The van der Waals surface area contributed by atoms with Crippen LogP contribution in [-0.4, -0.2) is 34.0 Å². The first kappa shape index (κ1) is 17.5. The molecule has 1 fully saturated rings. The molecule has 132 valence electrons. The molecule has 0 spiro atoms. The van der Waals surface area contributed by atoms with Crippen molar-refractivity contribution in [1.82, 2.24) is 14.9 Å². The van der Waals surface area contributed by atoms with Crippen LogP contribution in [0.1, 0.15) is 48.2 Å². The summed E-state index contributed by atoms with van der Waals surface area (Å²) in [6.07, 6.45) is 5.56.